The second kappa shape index (κ2) is 7.25. The monoisotopic (exact) mass is 302 g/mol. The van der Waals surface area contributed by atoms with Gasteiger partial charge in [-0.05, 0) is 25.3 Å². The fourth-order valence-corrected chi connectivity index (χ4v) is 2.97. The second-order valence-corrected chi connectivity index (χ2v) is 6.48. The zero-order valence-corrected chi connectivity index (χ0v) is 13.5. The van der Waals surface area contributed by atoms with Crippen LogP contribution in [0.2, 0.25) is 0 Å². The van der Waals surface area contributed by atoms with Gasteiger partial charge in [0.25, 0.3) is 0 Å². The van der Waals surface area contributed by atoms with E-state index in [1.54, 1.807) is 0 Å². The molecule has 4 heteroatoms. The van der Waals surface area contributed by atoms with Crippen LogP contribution in [0.15, 0.2) is 24.3 Å². The Balaban J connectivity index is 1.60. The smallest absolute Gasteiger partial charge is 0.226 e. The zero-order valence-electron chi connectivity index (χ0n) is 13.5. The van der Waals surface area contributed by atoms with E-state index in [2.05, 4.69) is 41.0 Å². The molecule has 0 atom stereocenters. The maximum absolute atomic E-state index is 12.6. The summed E-state index contributed by atoms with van der Waals surface area (Å²) in [4.78, 5) is 17.0. The van der Waals surface area contributed by atoms with E-state index in [1.165, 1.54) is 11.1 Å². The number of ether oxygens (including phenoxy) is 1. The topological polar surface area (TPSA) is 32.8 Å². The summed E-state index contributed by atoms with van der Waals surface area (Å²) in [5, 5.41) is 0. The molecular weight excluding hydrogens is 276 g/mol. The van der Waals surface area contributed by atoms with Gasteiger partial charge in [-0.2, -0.15) is 0 Å². The molecule has 0 aromatic heterocycles. The van der Waals surface area contributed by atoms with Crippen molar-refractivity contribution in [1.82, 2.24) is 9.80 Å². The first-order chi connectivity index (χ1) is 10.7. The number of morpholine rings is 1. The van der Waals surface area contributed by atoms with Crippen LogP contribution < -0.4 is 0 Å². The maximum Gasteiger partial charge on any atom is 0.226 e. The van der Waals surface area contributed by atoms with E-state index in [9.17, 15) is 4.79 Å². The lowest BCUT2D eigenvalue weighted by Crippen LogP contribution is -2.43. The van der Waals surface area contributed by atoms with Crippen LogP contribution in [0.5, 0.6) is 0 Å². The van der Waals surface area contributed by atoms with Gasteiger partial charge in [-0.15, -0.1) is 0 Å². The Morgan fingerprint density at radius 2 is 2.09 bits per heavy atom. The van der Waals surface area contributed by atoms with Crippen molar-refractivity contribution in [3.8, 4) is 0 Å². The highest BCUT2D eigenvalue weighted by Crippen LogP contribution is 2.31. The molecular formula is C18H26N2O2. The molecule has 0 N–H and O–H groups in total. The Morgan fingerprint density at radius 3 is 2.77 bits per heavy atom. The summed E-state index contributed by atoms with van der Waals surface area (Å²) in [6, 6.07) is 8.48. The lowest BCUT2D eigenvalue weighted by Gasteiger charge is -2.30. The molecule has 1 saturated heterocycles. The molecule has 2 aliphatic rings. The normalized spacial score (nSPS) is 19.1. The standard InChI is InChI=1S/C18H26N2O2/c1-15-3-2-4-16(13-15)14-20(18(21)17-5-6-17)8-7-19-9-11-22-12-10-19/h2-4,13,17H,5-12,14H2,1H3. The number of carbonyl (C=O) groups is 1. The van der Waals surface area contributed by atoms with Gasteiger partial charge in [-0.1, -0.05) is 29.8 Å². The number of benzene rings is 1. The molecule has 2 fully saturated rings. The van der Waals surface area contributed by atoms with E-state index in [0.717, 1.165) is 58.8 Å². The van der Waals surface area contributed by atoms with Gasteiger partial charge in [0.2, 0.25) is 5.91 Å². The zero-order chi connectivity index (χ0) is 15.4. The van der Waals surface area contributed by atoms with Crippen molar-refractivity contribution < 1.29 is 9.53 Å². The van der Waals surface area contributed by atoms with Crippen molar-refractivity contribution in [2.24, 2.45) is 5.92 Å². The number of amides is 1. The number of nitrogens with zero attached hydrogens (tertiary/aromatic N) is 2. The van der Waals surface area contributed by atoms with Crippen molar-refractivity contribution in [3.05, 3.63) is 35.4 Å². The first kappa shape index (κ1) is 15.5. The van der Waals surface area contributed by atoms with E-state index in [0.29, 0.717) is 5.91 Å². The van der Waals surface area contributed by atoms with Gasteiger partial charge in [0, 0.05) is 38.6 Å². The van der Waals surface area contributed by atoms with Gasteiger partial charge in [-0.3, -0.25) is 9.69 Å². The summed E-state index contributed by atoms with van der Waals surface area (Å²) in [6.07, 6.45) is 2.14. The van der Waals surface area contributed by atoms with Crippen LogP contribution in [0, 0.1) is 12.8 Å². The lowest BCUT2D eigenvalue weighted by molar-refractivity contribution is -0.133. The Hall–Kier alpha value is -1.39. The minimum absolute atomic E-state index is 0.287. The minimum Gasteiger partial charge on any atom is -0.379 e. The van der Waals surface area contributed by atoms with E-state index in [1.807, 2.05) is 0 Å². The third kappa shape index (κ3) is 4.31. The van der Waals surface area contributed by atoms with Crippen LogP contribution >= 0.6 is 0 Å². The van der Waals surface area contributed by atoms with Crippen molar-refractivity contribution in [3.63, 3.8) is 0 Å². The molecule has 1 aromatic rings. The number of carbonyl (C=O) groups excluding carboxylic acids is 1. The Kier molecular flexibility index (Phi) is 5.11. The van der Waals surface area contributed by atoms with E-state index >= 15 is 0 Å². The lowest BCUT2D eigenvalue weighted by atomic mass is 10.1. The summed E-state index contributed by atoms with van der Waals surface area (Å²) < 4.78 is 5.39. The van der Waals surface area contributed by atoms with Crippen LogP contribution in [0.25, 0.3) is 0 Å². The highest BCUT2D eigenvalue weighted by atomic mass is 16.5. The number of hydrogen-bond acceptors (Lipinski definition) is 3. The minimum atomic E-state index is 0.287. The van der Waals surface area contributed by atoms with Gasteiger partial charge in [-0.25, -0.2) is 0 Å². The summed E-state index contributed by atoms with van der Waals surface area (Å²) in [6.45, 7) is 8.21. The molecule has 1 aliphatic heterocycles. The summed E-state index contributed by atoms with van der Waals surface area (Å²) in [7, 11) is 0. The molecule has 1 aromatic carbocycles. The van der Waals surface area contributed by atoms with Gasteiger partial charge in [0.1, 0.15) is 0 Å². The molecule has 1 amide bonds. The molecule has 0 unspecified atom stereocenters. The quantitative estimate of drug-likeness (QED) is 0.806. The highest BCUT2D eigenvalue weighted by Gasteiger charge is 2.33. The molecule has 120 valence electrons. The van der Waals surface area contributed by atoms with Crippen LogP contribution in [0.4, 0.5) is 0 Å². The van der Waals surface area contributed by atoms with Gasteiger partial charge < -0.3 is 9.64 Å². The third-order valence-electron chi connectivity index (χ3n) is 4.48. The van der Waals surface area contributed by atoms with Gasteiger partial charge in [0.05, 0.1) is 13.2 Å². The molecule has 3 rings (SSSR count). The van der Waals surface area contributed by atoms with Gasteiger partial charge in [0.15, 0.2) is 0 Å². The maximum atomic E-state index is 12.6. The van der Waals surface area contributed by atoms with Crippen LogP contribution in [-0.2, 0) is 16.1 Å². The van der Waals surface area contributed by atoms with Crippen LogP contribution in [-0.4, -0.2) is 55.1 Å². The van der Waals surface area contributed by atoms with E-state index < -0.39 is 0 Å². The number of aryl methyl sites for hydroxylation is 1. The number of rotatable bonds is 6. The van der Waals surface area contributed by atoms with Crippen molar-refractivity contribution in [2.45, 2.75) is 26.3 Å². The van der Waals surface area contributed by atoms with Crippen LogP contribution in [0.1, 0.15) is 24.0 Å². The first-order valence-electron chi connectivity index (χ1n) is 8.37. The van der Waals surface area contributed by atoms with Crippen molar-refractivity contribution in [2.75, 3.05) is 39.4 Å². The average Bonchev–Trinajstić information content (AvgIpc) is 3.37. The molecule has 0 spiro atoms. The Bertz CT molecular complexity index is 508. The van der Waals surface area contributed by atoms with Crippen molar-refractivity contribution in [1.29, 1.82) is 0 Å². The highest BCUT2D eigenvalue weighted by molar-refractivity contribution is 5.81. The van der Waals surface area contributed by atoms with Crippen molar-refractivity contribution >= 4 is 5.91 Å². The summed E-state index contributed by atoms with van der Waals surface area (Å²) in [5.41, 5.74) is 2.49. The van der Waals surface area contributed by atoms with Crippen LogP contribution in [0.3, 0.4) is 0 Å². The SMILES string of the molecule is Cc1cccc(CN(CCN2CCOCC2)C(=O)C2CC2)c1. The molecule has 0 bridgehead atoms. The number of hydrogen-bond donors (Lipinski definition) is 0. The predicted octanol–water partition coefficient (Wildman–Crippen LogP) is 2.07. The third-order valence-corrected chi connectivity index (χ3v) is 4.48. The fraction of sp³-hybridized carbons (Fsp3) is 0.611. The molecule has 1 saturated carbocycles. The van der Waals surface area contributed by atoms with Gasteiger partial charge >= 0.3 is 0 Å². The summed E-state index contributed by atoms with van der Waals surface area (Å²) >= 11 is 0. The van der Waals surface area contributed by atoms with E-state index in [-0.39, 0.29) is 5.92 Å². The fourth-order valence-electron chi connectivity index (χ4n) is 2.97. The molecule has 1 heterocycles. The Morgan fingerprint density at radius 1 is 1.32 bits per heavy atom. The van der Waals surface area contributed by atoms with E-state index in [4.69, 9.17) is 4.74 Å². The Labute approximate surface area is 133 Å². The molecule has 0 radical (unpaired) electrons. The summed E-state index contributed by atoms with van der Waals surface area (Å²) in [5.74, 6) is 0.629. The largest absolute Gasteiger partial charge is 0.379 e. The first-order valence-corrected chi connectivity index (χ1v) is 8.37. The molecule has 4 nitrogen and oxygen atoms in total. The molecule has 22 heavy (non-hydrogen) atoms. The predicted molar refractivity (Wildman–Crippen MR) is 86.6 cm³/mol. The average molecular weight is 302 g/mol. The second-order valence-electron chi connectivity index (χ2n) is 6.48. The molecule has 1 aliphatic carbocycles.